The monoisotopic (exact) mass is 240 g/mol. The Bertz CT molecular complexity index is 391. The molecule has 6 nitrogen and oxygen atoms in total. The fourth-order valence-electron chi connectivity index (χ4n) is 0.837. The molecule has 0 saturated heterocycles. The maximum absolute atomic E-state index is 5.52. The molecule has 2 rings (SSSR count). The van der Waals surface area contributed by atoms with Crippen LogP contribution in [-0.4, -0.2) is 24.7 Å². The van der Waals surface area contributed by atoms with E-state index in [0.717, 1.165) is 0 Å². The zero-order valence-corrected chi connectivity index (χ0v) is 8.01. The van der Waals surface area contributed by atoms with Crippen molar-refractivity contribution in [3.63, 3.8) is 0 Å². The Balaban J connectivity index is 2.53. The van der Waals surface area contributed by atoms with Gasteiger partial charge in [0.25, 0.3) is 5.95 Å². The van der Waals surface area contributed by atoms with E-state index >= 15 is 0 Å². The number of nitrogens with zero attached hydrogens (tertiary/aromatic N) is 5. The maximum atomic E-state index is 5.52. The van der Waals surface area contributed by atoms with Gasteiger partial charge in [-0.3, -0.25) is 0 Å². The van der Waals surface area contributed by atoms with Crippen molar-refractivity contribution in [2.24, 2.45) is 0 Å². The first-order valence-corrected chi connectivity index (χ1v) is 4.20. The number of anilines is 1. The topological polar surface area (TPSA) is 82.5 Å². The Kier molecular flexibility index (Phi) is 1.93. The Labute approximate surface area is 82.0 Å². The number of nitrogen functional groups attached to an aromatic ring is 1. The maximum Gasteiger partial charge on any atom is 0.255 e. The lowest BCUT2D eigenvalue weighted by Gasteiger charge is -1.99. The van der Waals surface area contributed by atoms with Crippen LogP contribution in [0.5, 0.6) is 0 Å². The minimum Gasteiger partial charge on any atom is -0.383 e. The molecule has 0 aliphatic heterocycles. The highest BCUT2D eigenvalue weighted by molar-refractivity contribution is 9.10. The molecule has 0 radical (unpaired) electrons. The molecule has 0 aromatic carbocycles. The molecule has 0 spiro atoms. The molecule has 0 fully saturated rings. The largest absolute Gasteiger partial charge is 0.383 e. The number of nitrogens with two attached hydrogens (primary N) is 1. The molecule has 66 valence electrons. The van der Waals surface area contributed by atoms with E-state index in [-0.39, 0.29) is 0 Å². The third-order valence-electron chi connectivity index (χ3n) is 1.33. The first kappa shape index (κ1) is 8.11. The molecule has 0 unspecified atom stereocenters. The molecule has 0 atom stereocenters. The van der Waals surface area contributed by atoms with E-state index in [1.165, 1.54) is 17.3 Å². The van der Waals surface area contributed by atoms with Gasteiger partial charge < -0.3 is 5.73 Å². The molecule has 0 aliphatic carbocycles. The fourth-order valence-corrected chi connectivity index (χ4v) is 1.23. The third-order valence-corrected chi connectivity index (χ3v) is 1.73. The highest BCUT2D eigenvalue weighted by Gasteiger charge is 2.02. The van der Waals surface area contributed by atoms with E-state index in [4.69, 9.17) is 5.73 Å². The fraction of sp³-hybridized carbons (Fsp3) is 0. The molecule has 2 heterocycles. The average Bonchev–Trinajstić information content (AvgIpc) is 2.53. The SMILES string of the molecule is Nc1cc(Br)nc(-n2cncn2)n1. The number of hydrogen-bond acceptors (Lipinski definition) is 5. The highest BCUT2D eigenvalue weighted by atomic mass is 79.9. The lowest BCUT2D eigenvalue weighted by atomic mass is 10.6. The molecule has 7 heteroatoms. The summed E-state index contributed by atoms with van der Waals surface area (Å²) in [5.74, 6) is 0.775. The van der Waals surface area contributed by atoms with Crippen LogP contribution in [0.2, 0.25) is 0 Å². The van der Waals surface area contributed by atoms with Crippen LogP contribution < -0.4 is 5.73 Å². The van der Waals surface area contributed by atoms with E-state index in [1.54, 1.807) is 6.07 Å². The Morgan fingerprint density at radius 2 is 2.23 bits per heavy atom. The van der Waals surface area contributed by atoms with Crippen molar-refractivity contribution < 1.29 is 0 Å². The number of halogens is 1. The second-order valence-electron chi connectivity index (χ2n) is 2.26. The Hall–Kier alpha value is -1.50. The lowest BCUT2D eigenvalue weighted by molar-refractivity contribution is 0.805. The summed E-state index contributed by atoms with van der Waals surface area (Å²) in [5.41, 5.74) is 5.52. The van der Waals surface area contributed by atoms with Crippen LogP contribution in [0.25, 0.3) is 5.95 Å². The van der Waals surface area contributed by atoms with Gasteiger partial charge in [0.05, 0.1) is 0 Å². The second kappa shape index (κ2) is 3.09. The van der Waals surface area contributed by atoms with Crippen molar-refractivity contribution in [3.8, 4) is 5.95 Å². The van der Waals surface area contributed by atoms with Crippen LogP contribution in [0.3, 0.4) is 0 Å². The van der Waals surface area contributed by atoms with E-state index in [2.05, 4.69) is 36.0 Å². The standard InChI is InChI=1S/C6H5BrN6/c7-4-1-5(8)12-6(11-4)13-3-9-2-10-13/h1-3H,(H2,8,11,12). The van der Waals surface area contributed by atoms with Gasteiger partial charge in [-0.05, 0) is 15.9 Å². The number of hydrogen-bond donors (Lipinski definition) is 1. The molecule has 0 aliphatic rings. The summed E-state index contributed by atoms with van der Waals surface area (Å²) in [6.45, 7) is 0. The van der Waals surface area contributed by atoms with Crippen LogP contribution in [0, 0.1) is 0 Å². The van der Waals surface area contributed by atoms with Crippen LogP contribution in [-0.2, 0) is 0 Å². The summed E-state index contributed by atoms with van der Waals surface area (Å²) < 4.78 is 2.05. The van der Waals surface area contributed by atoms with E-state index in [0.29, 0.717) is 16.4 Å². The van der Waals surface area contributed by atoms with Crippen molar-refractivity contribution in [1.29, 1.82) is 0 Å². The molecule has 2 aromatic heterocycles. The molecule has 2 N–H and O–H groups in total. The first-order valence-electron chi connectivity index (χ1n) is 3.41. The van der Waals surface area contributed by atoms with Crippen molar-refractivity contribution in [3.05, 3.63) is 23.3 Å². The summed E-state index contributed by atoms with van der Waals surface area (Å²) in [6.07, 6.45) is 2.90. The summed E-state index contributed by atoms with van der Waals surface area (Å²) in [6, 6.07) is 1.61. The molecular formula is C6H5BrN6. The van der Waals surface area contributed by atoms with Gasteiger partial charge in [-0.1, -0.05) is 0 Å². The van der Waals surface area contributed by atoms with E-state index in [1.807, 2.05) is 0 Å². The zero-order valence-electron chi connectivity index (χ0n) is 6.42. The van der Waals surface area contributed by atoms with Crippen LogP contribution in [0.15, 0.2) is 23.3 Å². The predicted molar refractivity (Wildman–Crippen MR) is 49.1 cm³/mol. The van der Waals surface area contributed by atoms with Gasteiger partial charge in [-0.15, -0.1) is 0 Å². The van der Waals surface area contributed by atoms with Gasteiger partial charge in [0, 0.05) is 6.07 Å². The van der Waals surface area contributed by atoms with Gasteiger partial charge in [0.15, 0.2) is 0 Å². The Morgan fingerprint density at radius 3 is 2.85 bits per heavy atom. The van der Waals surface area contributed by atoms with Gasteiger partial charge in [-0.25, -0.2) is 9.97 Å². The summed E-state index contributed by atoms with van der Waals surface area (Å²) in [7, 11) is 0. The summed E-state index contributed by atoms with van der Waals surface area (Å²) in [4.78, 5) is 11.8. The molecule has 0 saturated carbocycles. The van der Waals surface area contributed by atoms with Gasteiger partial charge in [0.2, 0.25) is 0 Å². The van der Waals surface area contributed by atoms with Gasteiger partial charge in [0.1, 0.15) is 23.1 Å². The predicted octanol–water partition coefficient (Wildman–Crippen LogP) is 0.402. The third kappa shape index (κ3) is 1.64. The average molecular weight is 241 g/mol. The van der Waals surface area contributed by atoms with Crippen molar-refractivity contribution in [2.45, 2.75) is 0 Å². The molecular weight excluding hydrogens is 236 g/mol. The van der Waals surface area contributed by atoms with Crippen molar-refractivity contribution in [2.75, 3.05) is 5.73 Å². The second-order valence-corrected chi connectivity index (χ2v) is 3.07. The smallest absolute Gasteiger partial charge is 0.255 e. The molecule has 2 aromatic rings. The summed E-state index contributed by atoms with van der Waals surface area (Å²) >= 11 is 3.21. The number of aromatic nitrogens is 5. The quantitative estimate of drug-likeness (QED) is 0.730. The first-order chi connectivity index (χ1) is 6.25. The van der Waals surface area contributed by atoms with Gasteiger partial charge in [-0.2, -0.15) is 14.8 Å². The molecule has 0 bridgehead atoms. The molecule has 13 heavy (non-hydrogen) atoms. The lowest BCUT2D eigenvalue weighted by Crippen LogP contribution is -2.04. The van der Waals surface area contributed by atoms with Crippen LogP contribution in [0.4, 0.5) is 5.82 Å². The Morgan fingerprint density at radius 1 is 1.38 bits per heavy atom. The normalized spacial score (nSPS) is 10.2. The van der Waals surface area contributed by atoms with Gasteiger partial charge >= 0.3 is 0 Å². The molecule has 0 amide bonds. The summed E-state index contributed by atoms with van der Waals surface area (Å²) in [5, 5.41) is 3.87. The van der Waals surface area contributed by atoms with Crippen LogP contribution >= 0.6 is 15.9 Å². The minimum absolute atomic E-state index is 0.382. The minimum atomic E-state index is 0.382. The highest BCUT2D eigenvalue weighted by Crippen LogP contribution is 2.10. The van der Waals surface area contributed by atoms with E-state index in [9.17, 15) is 0 Å². The van der Waals surface area contributed by atoms with Crippen LogP contribution in [0.1, 0.15) is 0 Å². The van der Waals surface area contributed by atoms with E-state index < -0.39 is 0 Å². The zero-order chi connectivity index (χ0) is 9.26. The van der Waals surface area contributed by atoms with Crippen molar-refractivity contribution >= 4 is 21.7 Å². The van der Waals surface area contributed by atoms with Crippen molar-refractivity contribution in [1.82, 2.24) is 24.7 Å². The number of rotatable bonds is 1.